The zero-order valence-electron chi connectivity index (χ0n) is 11.2. The van der Waals surface area contributed by atoms with Crippen LogP contribution in [-0.2, 0) is 0 Å². The summed E-state index contributed by atoms with van der Waals surface area (Å²) in [4.78, 5) is 12.2. The summed E-state index contributed by atoms with van der Waals surface area (Å²) in [6, 6.07) is 5.13. The molecule has 3 N–H and O–H groups in total. The normalized spacial score (nSPS) is 19.8. The van der Waals surface area contributed by atoms with Gasteiger partial charge in [-0.3, -0.25) is 4.79 Å². The van der Waals surface area contributed by atoms with Gasteiger partial charge in [-0.2, -0.15) is 0 Å². The van der Waals surface area contributed by atoms with Gasteiger partial charge in [0.05, 0.1) is 12.7 Å². The Hall–Kier alpha value is -1.71. The summed E-state index contributed by atoms with van der Waals surface area (Å²) in [5.41, 5.74) is 7.27. The topological polar surface area (TPSA) is 64.3 Å². The quantitative estimate of drug-likeness (QED) is 0.798. The fourth-order valence-electron chi connectivity index (χ4n) is 2.83. The van der Waals surface area contributed by atoms with Gasteiger partial charge in [0.2, 0.25) is 0 Å². The Morgan fingerprint density at radius 1 is 1.47 bits per heavy atom. The van der Waals surface area contributed by atoms with Crippen LogP contribution in [0.1, 0.15) is 36.0 Å². The molecule has 0 radical (unpaired) electrons. The predicted molar refractivity (Wildman–Crippen MR) is 74.1 cm³/mol. The van der Waals surface area contributed by atoms with E-state index in [4.69, 9.17) is 10.5 Å². The van der Waals surface area contributed by atoms with Crippen molar-refractivity contribution in [2.75, 3.05) is 19.4 Å². The molecule has 0 spiro atoms. The molecule has 1 aromatic carbocycles. The number of nitrogens with two attached hydrogens (primary N) is 1. The zero-order valence-corrected chi connectivity index (χ0v) is 11.2. The number of nitrogens with one attached hydrogen (secondary N) is 1. The summed E-state index contributed by atoms with van der Waals surface area (Å²) in [7, 11) is 1.55. The number of ether oxygens (including phenoxy) is 1. The predicted octanol–water partition coefficient (Wildman–Crippen LogP) is 2.20. The second kappa shape index (κ2) is 4.44. The molecule has 2 aliphatic carbocycles. The van der Waals surface area contributed by atoms with Gasteiger partial charge in [0.1, 0.15) is 5.75 Å². The molecule has 3 rings (SSSR count). The maximum atomic E-state index is 12.2. The first-order chi connectivity index (χ1) is 9.14. The lowest BCUT2D eigenvalue weighted by Crippen LogP contribution is -2.31. The average Bonchev–Trinajstić information content (AvgIpc) is 3.28. The molecule has 4 nitrogen and oxygen atoms in total. The van der Waals surface area contributed by atoms with Crippen LogP contribution in [0.15, 0.2) is 18.2 Å². The summed E-state index contributed by atoms with van der Waals surface area (Å²) >= 11 is 0. The highest BCUT2D eigenvalue weighted by Crippen LogP contribution is 2.60. The molecule has 19 heavy (non-hydrogen) atoms. The van der Waals surface area contributed by atoms with Crippen molar-refractivity contribution in [1.82, 2.24) is 5.32 Å². The van der Waals surface area contributed by atoms with Gasteiger partial charge in [-0.25, -0.2) is 0 Å². The van der Waals surface area contributed by atoms with E-state index < -0.39 is 0 Å². The molecule has 0 aromatic heterocycles. The van der Waals surface area contributed by atoms with Crippen LogP contribution in [0, 0.1) is 11.3 Å². The van der Waals surface area contributed by atoms with Crippen molar-refractivity contribution in [2.45, 2.75) is 25.7 Å². The SMILES string of the molecule is COc1cc(N)ccc1C(=O)NCC1(C2CC2)CC1. The summed E-state index contributed by atoms with van der Waals surface area (Å²) < 4.78 is 5.21. The van der Waals surface area contributed by atoms with E-state index in [1.54, 1.807) is 25.3 Å². The van der Waals surface area contributed by atoms with E-state index in [1.165, 1.54) is 25.7 Å². The third-order valence-corrected chi connectivity index (χ3v) is 4.41. The van der Waals surface area contributed by atoms with Crippen molar-refractivity contribution >= 4 is 11.6 Å². The summed E-state index contributed by atoms with van der Waals surface area (Å²) in [5.74, 6) is 1.32. The Bertz CT molecular complexity index is 505. The van der Waals surface area contributed by atoms with E-state index >= 15 is 0 Å². The van der Waals surface area contributed by atoms with Gasteiger partial charge in [-0.1, -0.05) is 0 Å². The Morgan fingerprint density at radius 2 is 2.21 bits per heavy atom. The Labute approximate surface area is 113 Å². The van der Waals surface area contributed by atoms with Crippen molar-refractivity contribution in [3.8, 4) is 5.75 Å². The number of benzene rings is 1. The number of anilines is 1. The van der Waals surface area contributed by atoms with E-state index in [9.17, 15) is 4.79 Å². The number of hydrogen-bond donors (Lipinski definition) is 2. The average molecular weight is 260 g/mol. The minimum absolute atomic E-state index is 0.0659. The number of nitrogen functional groups attached to an aromatic ring is 1. The van der Waals surface area contributed by atoms with Crippen LogP contribution in [-0.4, -0.2) is 19.6 Å². The fourth-order valence-corrected chi connectivity index (χ4v) is 2.83. The lowest BCUT2D eigenvalue weighted by atomic mass is 10.0. The molecule has 0 aliphatic heterocycles. The van der Waals surface area contributed by atoms with E-state index in [1.807, 2.05) is 0 Å². The maximum Gasteiger partial charge on any atom is 0.255 e. The Kier molecular flexibility index (Phi) is 2.88. The van der Waals surface area contributed by atoms with Crippen molar-refractivity contribution < 1.29 is 9.53 Å². The van der Waals surface area contributed by atoms with Crippen molar-refractivity contribution in [2.24, 2.45) is 11.3 Å². The number of amides is 1. The van der Waals surface area contributed by atoms with Gasteiger partial charge in [-0.15, -0.1) is 0 Å². The summed E-state index contributed by atoms with van der Waals surface area (Å²) in [6.45, 7) is 0.796. The molecular formula is C15H20N2O2. The number of methoxy groups -OCH3 is 1. The first kappa shape index (κ1) is 12.3. The van der Waals surface area contributed by atoms with Gasteiger partial charge in [-0.05, 0) is 49.1 Å². The molecular weight excluding hydrogens is 240 g/mol. The molecule has 0 saturated heterocycles. The second-order valence-corrected chi connectivity index (χ2v) is 5.78. The number of carbonyl (C=O) groups is 1. The van der Waals surface area contributed by atoms with E-state index in [0.717, 1.165) is 12.5 Å². The largest absolute Gasteiger partial charge is 0.496 e. The molecule has 0 bridgehead atoms. The molecule has 2 aliphatic rings. The van der Waals surface area contributed by atoms with E-state index in [2.05, 4.69) is 5.32 Å². The highest BCUT2D eigenvalue weighted by atomic mass is 16.5. The lowest BCUT2D eigenvalue weighted by Gasteiger charge is -2.16. The molecule has 102 valence electrons. The summed E-state index contributed by atoms with van der Waals surface area (Å²) in [5, 5.41) is 3.06. The van der Waals surface area contributed by atoms with E-state index in [0.29, 0.717) is 22.4 Å². The monoisotopic (exact) mass is 260 g/mol. The Morgan fingerprint density at radius 3 is 2.79 bits per heavy atom. The molecule has 0 unspecified atom stereocenters. The minimum Gasteiger partial charge on any atom is -0.496 e. The number of hydrogen-bond acceptors (Lipinski definition) is 3. The second-order valence-electron chi connectivity index (χ2n) is 5.78. The number of rotatable bonds is 5. The van der Waals surface area contributed by atoms with Gasteiger partial charge in [0, 0.05) is 18.3 Å². The van der Waals surface area contributed by atoms with Crippen LogP contribution in [0.25, 0.3) is 0 Å². The minimum atomic E-state index is -0.0659. The summed E-state index contributed by atoms with van der Waals surface area (Å²) in [6.07, 6.45) is 5.19. The van der Waals surface area contributed by atoms with Gasteiger partial charge in [0.25, 0.3) is 5.91 Å². The Balaban J connectivity index is 1.66. The zero-order chi connectivity index (χ0) is 13.5. The number of carbonyl (C=O) groups excluding carboxylic acids is 1. The van der Waals surface area contributed by atoms with Gasteiger partial charge >= 0.3 is 0 Å². The van der Waals surface area contributed by atoms with Gasteiger partial charge < -0.3 is 15.8 Å². The molecule has 1 aromatic rings. The van der Waals surface area contributed by atoms with Crippen LogP contribution in [0.5, 0.6) is 5.75 Å². The highest BCUT2D eigenvalue weighted by molar-refractivity contribution is 5.97. The first-order valence-electron chi connectivity index (χ1n) is 6.86. The molecule has 1 amide bonds. The standard InChI is InChI=1S/C15H20N2O2/c1-19-13-8-11(16)4-5-12(13)14(18)17-9-15(6-7-15)10-2-3-10/h4-5,8,10H,2-3,6-7,9,16H2,1H3,(H,17,18). The molecule has 0 atom stereocenters. The van der Waals surface area contributed by atoms with Crippen molar-refractivity contribution in [3.05, 3.63) is 23.8 Å². The third-order valence-electron chi connectivity index (χ3n) is 4.41. The molecule has 2 fully saturated rings. The smallest absolute Gasteiger partial charge is 0.255 e. The fraction of sp³-hybridized carbons (Fsp3) is 0.533. The maximum absolute atomic E-state index is 12.2. The molecule has 4 heteroatoms. The van der Waals surface area contributed by atoms with Gasteiger partial charge in [0.15, 0.2) is 0 Å². The van der Waals surface area contributed by atoms with E-state index in [-0.39, 0.29) is 5.91 Å². The van der Waals surface area contributed by atoms with Crippen LogP contribution < -0.4 is 15.8 Å². The van der Waals surface area contributed by atoms with Crippen LogP contribution in [0.2, 0.25) is 0 Å². The third kappa shape index (κ3) is 2.39. The van der Waals surface area contributed by atoms with Crippen LogP contribution in [0.4, 0.5) is 5.69 Å². The highest BCUT2D eigenvalue weighted by Gasteiger charge is 2.53. The van der Waals surface area contributed by atoms with Crippen LogP contribution >= 0.6 is 0 Å². The molecule has 0 heterocycles. The van der Waals surface area contributed by atoms with Crippen molar-refractivity contribution in [1.29, 1.82) is 0 Å². The first-order valence-corrected chi connectivity index (χ1v) is 6.86. The van der Waals surface area contributed by atoms with Crippen molar-refractivity contribution in [3.63, 3.8) is 0 Å². The molecule has 2 saturated carbocycles. The van der Waals surface area contributed by atoms with Crippen LogP contribution in [0.3, 0.4) is 0 Å². The lowest BCUT2D eigenvalue weighted by molar-refractivity contribution is 0.0939.